The van der Waals surface area contributed by atoms with E-state index in [0.717, 1.165) is 30.6 Å². The third kappa shape index (κ3) is 6.02. The second-order valence-corrected chi connectivity index (χ2v) is 9.46. The average molecular weight is 476 g/mol. The van der Waals surface area contributed by atoms with Crippen LogP contribution in [0.5, 0.6) is 0 Å². The van der Waals surface area contributed by atoms with Gasteiger partial charge in [-0.1, -0.05) is 49.9 Å². The SMILES string of the molecule is CCC(CCC(O)N(C)C(N)=O)C(=O)N[C@H](c1c(F)ccc(Cl)c1Cl)C1(C)CCCC1. The molecule has 0 heterocycles. The molecule has 6 nitrogen and oxygen atoms in total. The molecule has 0 aromatic heterocycles. The first kappa shape index (κ1) is 25.7. The molecule has 1 aliphatic carbocycles. The van der Waals surface area contributed by atoms with Gasteiger partial charge in [0, 0.05) is 18.5 Å². The first-order valence-electron chi connectivity index (χ1n) is 10.7. The Morgan fingerprint density at radius 3 is 2.45 bits per heavy atom. The molecule has 3 amide bonds. The number of benzene rings is 1. The van der Waals surface area contributed by atoms with E-state index in [4.69, 9.17) is 28.9 Å². The van der Waals surface area contributed by atoms with Gasteiger partial charge in [0.05, 0.1) is 16.1 Å². The lowest BCUT2D eigenvalue weighted by Crippen LogP contribution is -2.43. The number of nitrogens with one attached hydrogen (secondary N) is 1. The second-order valence-electron chi connectivity index (χ2n) is 8.67. The molecule has 3 atom stereocenters. The van der Waals surface area contributed by atoms with Crippen LogP contribution in [0.3, 0.4) is 0 Å². The van der Waals surface area contributed by atoms with Gasteiger partial charge in [-0.15, -0.1) is 0 Å². The van der Waals surface area contributed by atoms with Gasteiger partial charge in [-0.25, -0.2) is 9.18 Å². The summed E-state index contributed by atoms with van der Waals surface area (Å²) in [7, 11) is 1.40. The van der Waals surface area contributed by atoms with Crippen LogP contribution in [0.1, 0.15) is 70.4 Å². The number of nitrogens with zero attached hydrogens (tertiary/aromatic N) is 1. The monoisotopic (exact) mass is 475 g/mol. The molecule has 0 saturated heterocycles. The van der Waals surface area contributed by atoms with Crippen molar-refractivity contribution in [3.05, 3.63) is 33.6 Å². The topological polar surface area (TPSA) is 95.7 Å². The van der Waals surface area contributed by atoms with Gasteiger partial charge < -0.3 is 21.1 Å². The van der Waals surface area contributed by atoms with Gasteiger partial charge in [-0.3, -0.25) is 4.79 Å². The van der Waals surface area contributed by atoms with Gasteiger partial charge in [-0.05, 0) is 49.7 Å². The van der Waals surface area contributed by atoms with E-state index in [0.29, 0.717) is 12.8 Å². The van der Waals surface area contributed by atoms with Crippen molar-refractivity contribution in [3.8, 4) is 0 Å². The second kappa shape index (κ2) is 10.8. The number of carbonyl (C=O) groups excluding carboxylic acids is 2. The number of nitrogens with two attached hydrogens (primary N) is 1. The summed E-state index contributed by atoms with van der Waals surface area (Å²) in [6.07, 6.45) is 3.63. The first-order valence-corrected chi connectivity index (χ1v) is 11.4. The minimum Gasteiger partial charge on any atom is -0.373 e. The van der Waals surface area contributed by atoms with E-state index in [1.807, 2.05) is 13.8 Å². The summed E-state index contributed by atoms with van der Waals surface area (Å²) in [6, 6.07) is 1.31. The molecule has 1 aromatic carbocycles. The molecule has 4 N–H and O–H groups in total. The lowest BCUT2D eigenvalue weighted by molar-refractivity contribution is -0.127. The molecule has 1 saturated carbocycles. The van der Waals surface area contributed by atoms with E-state index >= 15 is 0 Å². The highest BCUT2D eigenvalue weighted by molar-refractivity contribution is 6.42. The molecule has 0 aliphatic heterocycles. The predicted octanol–water partition coefficient (Wildman–Crippen LogP) is 5.01. The molecule has 0 bridgehead atoms. The summed E-state index contributed by atoms with van der Waals surface area (Å²) < 4.78 is 14.9. The normalized spacial score (nSPS) is 18.3. The standard InChI is InChI=1S/C22H32Cl2FN3O3/c1-4-13(7-10-16(29)28(3)21(26)31)20(30)27-19(22(2)11-5-6-12-22)17-15(25)9-8-14(23)18(17)24/h8-9,13,16,19,29H,4-7,10-12H2,1-3H3,(H2,26,31)(H,27,30)/t13?,16?,19-/m1/s1. The quantitative estimate of drug-likeness (QED) is 0.346. The number of aliphatic hydroxyl groups excluding tert-OH is 1. The molecule has 1 aliphatic rings. The van der Waals surface area contributed by atoms with E-state index in [-0.39, 0.29) is 33.4 Å². The molecular weight excluding hydrogens is 444 g/mol. The van der Waals surface area contributed by atoms with Crippen LogP contribution in [0.15, 0.2) is 12.1 Å². The number of hydrogen-bond acceptors (Lipinski definition) is 3. The first-order chi connectivity index (χ1) is 14.5. The molecule has 1 fully saturated rings. The van der Waals surface area contributed by atoms with Gasteiger partial charge in [-0.2, -0.15) is 0 Å². The smallest absolute Gasteiger partial charge is 0.316 e. The number of hydrogen-bond donors (Lipinski definition) is 3. The van der Waals surface area contributed by atoms with Gasteiger partial charge in [0.15, 0.2) is 0 Å². The number of aliphatic hydroxyl groups is 1. The Kier molecular flexibility index (Phi) is 8.98. The fraction of sp³-hybridized carbons (Fsp3) is 0.636. The Hall–Kier alpha value is -1.57. The largest absolute Gasteiger partial charge is 0.373 e. The van der Waals surface area contributed by atoms with Crippen molar-refractivity contribution >= 4 is 35.1 Å². The summed E-state index contributed by atoms with van der Waals surface area (Å²) in [5, 5.41) is 13.5. The van der Waals surface area contributed by atoms with E-state index in [1.54, 1.807) is 0 Å². The highest BCUT2D eigenvalue weighted by Crippen LogP contribution is 2.50. The van der Waals surface area contributed by atoms with Crippen LogP contribution in [-0.2, 0) is 4.79 Å². The Morgan fingerprint density at radius 1 is 1.29 bits per heavy atom. The maximum atomic E-state index is 14.9. The van der Waals surface area contributed by atoms with Gasteiger partial charge in [0.1, 0.15) is 12.0 Å². The Morgan fingerprint density at radius 2 is 1.90 bits per heavy atom. The molecule has 31 heavy (non-hydrogen) atoms. The van der Waals surface area contributed by atoms with Crippen LogP contribution < -0.4 is 11.1 Å². The Bertz CT molecular complexity index is 802. The number of rotatable bonds is 9. The van der Waals surface area contributed by atoms with Crippen molar-refractivity contribution in [3.63, 3.8) is 0 Å². The zero-order chi connectivity index (χ0) is 23.3. The highest BCUT2D eigenvalue weighted by Gasteiger charge is 2.42. The maximum absolute atomic E-state index is 14.9. The summed E-state index contributed by atoms with van der Waals surface area (Å²) in [5.74, 6) is -1.17. The summed E-state index contributed by atoms with van der Waals surface area (Å²) in [5.41, 5.74) is 5.05. The third-order valence-corrected chi connectivity index (χ3v) is 7.35. The average Bonchev–Trinajstić information content (AvgIpc) is 3.17. The number of amides is 3. The zero-order valence-corrected chi connectivity index (χ0v) is 19.8. The minimum absolute atomic E-state index is 0.117. The molecule has 1 aromatic rings. The molecule has 9 heteroatoms. The van der Waals surface area contributed by atoms with E-state index in [1.165, 1.54) is 19.2 Å². The number of carbonyl (C=O) groups is 2. The van der Waals surface area contributed by atoms with Crippen molar-refractivity contribution < 1.29 is 19.1 Å². The molecule has 2 unspecified atom stereocenters. The van der Waals surface area contributed by atoms with E-state index < -0.39 is 30.0 Å². The van der Waals surface area contributed by atoms with Crippen LogP contribution in [0.4, 0.5) is 9.18 Å². The summed E-state index contributed by atoms with van der Waals surface area (Å²) in [6.45, 7) is 3.90. The van der Waals surface area contributed by atoms with Gasteiger partial charge in [0.2, 0.25) is 5.91 Å². The molecule has 0 radical (unpaired) electrons. The number of urea groups is 1. The summed E-state index contributed by atoms with van der Waals surface area (Å²) >= 11 is 12.6. The summed E-state index contributed by atoms with van der Waals surface area (Å²) in [4.78, 5) is 25.4. The van der Waals surface area contributed by atoms with Crippen LogP contribution in [0, 0.1) is 17.2 Å². The molecule has 2 rings (SSSR count). The van der Waals surface area contributed by atoms with Crippen molar-refractivity contribution in [1.29, 1.82) is 0 Å². The lowest BCUT2D eigenvalue weighted by atomic mass is 9.76. The van der Waals surface area contributed by atoms with Crippen molar-refractivity contribution in [2.75, 3.05) is 7.05 Å². The van der Waals surface area contributed by atoms with E-state index in [2.05, 4.69) is 5.32 Å². The van der Waals surface area contributed by atoms with E-state index in [9.17, 15) is 19.1 Å². The minimum atomic E-state index is -1.08. The molecule has 0 spiro atoms. The van der Waals surface area contributed by atoms with Crippen LogP contribution in [0.2, 0.25) is 10.0 Å². The third-order valence-electron chi connectivity index (χ3n) is 6.53. The fourth-order valence-corrected chi connectivity index (χ4v) is 4.77. The van der Waals surface area contributed by atoms with Crippen molar-refractivity contribution in [2.45, 2.75) is 71.1 Å². The number of primary amides is 1. The van der Waals surface area contributed by atoms with Crippen LogP contribution in [-0.4, -0.2) is 35.2 Å². The number of halogens is 3. The zero-order valence-electron chi connectivity index (χ0n) is 18.3. The van der Waals surface area contributed by atoms with Crippen LogP contribution >= 0.6 is 23.2 Å². The Labute approximate surface area is 193 Å². The van der Waals surface area contributed by atoms with Crippen molar-refractivity contribution in [2.24, 2.45) is 17.1 Å². The highest BCUT2D eigenvalue weighted by atomic mass is 35.5. The lowest BCUT2D eigenvalue weighted by Gasteiger charge is -2.37. The van der Waals surface area contributed by atoms with Crippen LogP contribution in [0.25, 0.3) is 0 Å². The fourth-order valence-electron chi connectivity index (χ4n) is 4.35. The molecule has 174 valence electrons. The predicted molar refractivity (Wildman–Crippen MR) is 120 cm³/mol. The Balaban J connectivity index is 2.25. The molecular formula is C22H32Cl2FN3O3. The van der Waals surface area contributed by atoms with Gasteiger partial charge >= 0.3 is 6.03 Å². The van der Waals surface area contributed by atoms with Gasteiger partial charge in [0.25, 0.3) is 0 Å². The van der Waals surface area contributed by atoms with Crippen molar-refractivity contribution in [1.82, 2.24) is 10.2 Å². The maximum Gasteiger partial charge on any atom is 0.316 e.